The monoisotopic (exact) mass is 471 g/mol. The van der Waals surface area contributed by atoms with Crippen LogP contribution >= 0.6 is 0 Å². The molecule has 0 spiro atoms. The first-order chi connectivity index (χ1) is 16.3. The summed E-state index contributed by atoms with van der Waals surface area (Å²) < 4.78 is 30.0. The van der Waals surface area contributed by atoms with Crippen molar-refractivity contribution in [1.29, 1.82) is 0 Å². The fraction of sp³-hybridized carbons (Fsp3) is 0.385. The lowest BCUT2D eigenvalue weighted by Crippen LogP contribution is -2.31. The Bertz CT molecular complexity index is 1060. The zero-order valence-electron chi connectivity index (χ0n) is 19.8. The van der Waals surface area contributed by atoms with Gasteiger partial charge < -0.3 is 24.2 Å². The van der Waals surface area contributed by atoms with Crippen molar-refractivity contribution in [3.8, 4) is 11.5 Å². The second kappa shape index (κ2) is 11.2. The standard InChI is InChI=1S/C26H30FNO6/c1-5-33-21-15-18(9-12-20(21)32-4)23-22(24(29)17-7-10-19(27)11-8-17)25(30)26(31)28(23)13-6-14-34-16(2)3/h7-12,15-16,23,29H,5-6,13-14H2,1-4H3/b24-22-. The number of methoxy groups -OCH3 is 1. The van der Waals surface area contributed by atoms with Crippen molar-refractivity contribution in [3.05, 3.63) is 65.0 Å². The third kappa shape index (κ3) is 5.39. The molecule has 1 amide bonds. The van der Waals surface area contributed by atoms with Gasteiger partial charge in [0.1, 0.15) is 11.6 Å². The van der Waals surface area contributed by atoms with Crippen LogP contribution in [0.15, 0.2) is 48.0 Å². The molecule has 8 heteroatoms. The largest absolute Gasteiger partial charge is 0.507 e. The number of likely N-dealkylation sites (tertiary alicyclic amines) is 1. The number of carbonyl (C=O) groups is 2. The smallest absolute Gasteiger partial charge is 0.295 e. The molecule has 0 radical (unpaired) electrons. The number of aliphatic hydroxyl groups excluding tert-OH is 1. The summed E-state index contributed by atoms with van der Waals surface area (Å²) in [5.74, 6) is -1.39. The second-order valence-corrected chi connectivity index (χ2v) is 8.12. The van der Waals surface area contributed by atoms with Crippen LogP contribution < -0.4 is 9.47 Å². The molecular weight excluding hydrogens is 441 g/mol. The maximum atomic E-state index is 13.4. The van der Waals surface area contributed by atoms with Gasteiger partial charge in [0.05, 0.1) is 31.4 Å². The van der Waals surface area contributed by atoms with Crippen LogP contribution in [0, 0.1) is 5.82 Å². The Labute approximate surface area is 198 Å². The van der Waals surface area contributed by atoms with Gasteiger partial charge in [-0.1, -0.05) is 6.07 Å². The number of nitrogens with zero attached hydrogens (tertiary/aromatic N) is 1. The van der Waals surface area contributed by atoms with E-state index in [1.54, 1.807) is 18.2 Å². The molecule has 7 nitrogen and oxygen atoms in total. The minimum atomic E-state index is -0.853. The van der Waals surface area contributed by atoms with E-state index in [4.69, 9.17) is 14.2 Å². The quantitative estimate of drug-likeness (QED) is 0.238. The molecule has 1 aliphatic heterocycles. The third-order valence-electron chi connectivity index (χ3n) is 5.46. The number of hydrogen-bond donors (Lipinski definition) is 1. The number of halogens is 1. The van der Waals surface area contributed by atoms with E-state index in [0.717, 1.165) is 0 Å². The summed E-state index contributed by atoms with van der Waals surface area (Å²) >= 11 is 0. The van der Waals surface area contributed by atoms with Gasteiger partial charge in [0.15, 0.2) is 11.5 Å². The molecular formula is C26H30FNO6. The maximum Gasteiger partial charge on any atom is 0.295 e. The van der Waals surface area contributed by atoms with Crippen LogP contribution in [0.5, 0.6) is 11.5 Å². The third-order valence-corrected chi connectivity index (χ3v) is 5.46. The van der Waals surface area contributed by atoms with Crippen LogP contribution in [0.2, 0.25) is 0 Å². The van der Waals surface area contributed by atoms with Crippen molar-refractivity contribution in [2.45, 2.75) is 39.3 Å². The summed E-state index contributed by atoms with van der Waals surface area (Å²) in [6, 6.07) is 9.38. The van der Waals surface area contributed by atoms with E-state index >= 15 is 0 Å². The lowest BCUT2D eigenvalue weighted by Gasteiger charge is -2.26. The molecule has 0 aromatic heterocycles. The molecule has 0 aliphatic carbocycles. The first-order valence-corrected chi connectivity index (χ1v) is 11.2. The van der Waals surface area contributed by atoms with E-state index in [9.17, 15) is 19.1 Å². The summed E-state index contributed by atoms with van der Waals surface area (Å²) in [4.78, 5) is 27.5. The molecule has 1 heterocycles. The molecule has 182 valence electrons. The lowest BCUT2D eigenvalue weighted by molar-refractivity contribution is -0.140. The zero-order chi connectivity index (χ0) is 24.8. The van der Waals surface area contributed by atoms with Crippen LogP contribution in [0.4, 0.5) is 4.39 Å². The molecule has 1 N–H and O–H groups in total. The predicted molar refractivity (Wildman–Crippen MR) is 125 cm³/mol. The number of ether oxygens (including phenoxy) is 3. The van der Waals surface area contributed by atoms with E-state index < -0.39 is 23.5 Å². The Morgan fingerprint density at radius 1 is 1.12 bits per heavy atom. The highest BCUT2D eigenvalue weighted by Crippen LogP contribution is 2.42. The van der Waals surface area contributed by atoms with E-state index in [2.05, 4.69) is 0 Å². The molecule has 1 unspecified atom stereocenters. The van der Waals surface area contributed by atoms with E-state index in [1.807, 2.05) is 20.8 Å². The van der Waals surface area contributed by atoms with Crippen LogP contribution in [0.3, 0.4) is 0 Å². The van der Waals surface area contributed by atoms with Crippen molar-refractivity contribution in [3.63, 3.8) is 0 Å². The van der Waals surface area contributed by atoms with Gasteiger partial charge in [-0.05, 0) is 69.2 Å². The van der Waals surface area contributed by atoms with E-state index in [1.165, 1.54) is 36.3 Å². The zero-order valence-corrected chi connectivity index (χ0v) is 19.8. The van der Waals surface area contributed by atoms with Gasteiger partial charge in [-0.2, -0.15) is 0 Å². The van der Waals surface area contributed by atoms with Crippen molar-refractivity contribution < 1.29 is 33.3 Å². The number of carbonyl (C=O) groups excluding carboxylic acids is 2. The average Bonchev–Trinajstić information content (AvgIpc) is 3.07. The maximum absolute atomic E-state index is 13.4. The van der Waals surface area contributed by atoms with Crippen LogP contribution in [-0.4, -0.2) is 54.7 Å². The predicted octanol–water partition coefficient (Wildman–Crippen LogP) is 4.47. The molecule has 2 aromatic carbocycles. The molecule has 1 atom stereocenters. The number of hydrogen-bond acceptors (Lipinski definition) is 6. The van der Waals surface area contributed by atoms with Crippen molar-refractivity contribution in [2.75, 3.05) is 26.9 Å². The number of Topliss-reactive ketones (excluding diaryl/α,β-unsaturated/α-hetero) is 1. The van der Waals surface area contributed by atoms with Crippen LogP contribution in [0.25, 0.3) is 5.76 Å². The summed E-state index contributed by atoms with van der Waals surface area (Å²) in [6.45, 7) is 6.73. The van der Waals surface area contributed by atoms with E-state index in [0.29, 0.717) is 36.7 Å². The highest BCUT2D eigenvalue weighted by Gasteiger charge is 2.46. The van der Waals surface area contributed by atoms with Crippen molar-refractivity contribution in [1.82, 2.24) is 4.90 Å². The minimum Gasteiger partial charge on any atom is -0.507 e. The lowest BCUT2D eigenvalue weighted by atomic mass is 9.95. The summed E-state index contributed by atoms with van der Waals surface area (Å²) in [5, 5.41) is 11.0. The minimum absolute atomic E-state index is 0.0417. The second-order valence-electron chi connectivity index (χ2n) is 8.12. The topological polar surface area (TPSA) is 85.3 Å². The normalized spacial score (nSPS) is 17.5. The first-order valence-electron chi connectivity index (χ1n) is 11.2. The first kappa shape index (κ1) is 25.2. The van der Waals surface area contributed by atoms with Crippen LogP contribution in [0.1, 0.15) is 44.4 Å². The molecule has 1 fully saturated rings. The fourth-order valence-corrected chi connectivity index (χ4v) is 3.91. The Kier molecular flexibility index (Phi) is 8.28. The SMILES string of the molecule is CCOc1cc(C2/C(=C(/O)c3ccc(F)cc3)C(=O)C(=O)N2CCCOC(C)C)ccc1OC. The van der Waals surface area contributed by atoms with Gasteiger partial charge in [-0.25, -0.2) is 4.39 Å². The molecule has 2 aromatic rings. The van der Waals surface area contributed by atoms with Gasteiger partial charge in [0.25, 0.3) is 11.7 Å². The number of aliphatic hydroxyl groups is 1. The fourth-order valence-electron chi connectivity index (χ4n) is 3.91. The van der Waals surface area contributed by atoms with Gasteiger partial charge in [-0.3, -0.25) is 9.59 Å². The number of rotatable bonds is 10. The van der Waals surface area contributed by atoms with Gasteiger partial charge >= 0.3 is 0 Å². The number of benzene rings is 2. The molecule has 34 heavy (non-hydrogen) atoms. The van der Waals surface area contributed by atoms with Crippen molar-refractivity contribution >= 4 is 17.4 Å². The molecule has 1 saturated heterocycles. The molecule has 0 bridgehead atoms. The Morgan fingerprint density at radius 3 is 2.44 bits per heavy atom. The number of ketones is 1. The summed E-state index contributed by atoms with van der Waals surface area (Å²) in [6.07, 6.45) is 0.548. The highest BCUT2D eigenvalue weighted by atomic mass is 19.1. The van der Waals surface area contributed by atoms with Crippen molar-refractivity contribution in [2.24, 2.45) is 0 Å². The Hall–Kier alpha value is -3.39. The summed E-state index contributed by atoms with van der Waals surface area (Å²) in [5.41, 5.74) is 0.761. The van der Waals surface area contributed by atoms with Gasteiger partial charge in [0.2, 0.25) is 0 Å². The van der Waals surface area contributed by atoms with Gasteiger partial charge in [0, 0.05) is 18.7 Å². The Morgan fingerprint density at radius 2 is 1.82 bits per heavy atom. The average molecular weight is 472 g/mol. The van der Waals surface area contributed by atoms with Crippen LogP contribution in [-0.2, 0) is 14.3 Å². The molecule has 1 aliphatic rings. The Balaban J connectivity index is 2.09. The molecule has 3 rings (SSSR count). The number of amides is 1. The van der Waals surface area contributed by atoms with E-state index in [-0.39, 0.29) is 29.5 Å². The highest BCUT2D eigenvalue weighted by molar-refractivity contribution is 6.46. The summed E-state index contributed by atoms with van der Waals surface area (Å²) in [7, 11) is 1.52. The molecule has 0 saturated carbocycles. The van der Waals surface area contributed by atoms with Gasteiger partial charge in [-0.15, -0.1) is 0 Å².